The van der Waals surface area contributed by atoms with Crippen LogP contribution in [0.5, 0.6) is 0 Å². The molecule has 0 N–H and O–H groups in total. The third-order valence-electron chi connectivity index (χ3n) is 2.72. The van der Waals surface area contributed by atoms with Crippen LogP contribution in [-0.2, 0) is 4.79 Å². The molecule has 0 spiro atoms. The predicted octanol–water partition coefficient (Wildman–Crippen LogP) is 2.29. The van der Waals surface area contributed by atoms with Crippen molar-refractivity contribution in [2.45, 2.75) is 40.0 Å². The summed E-state index contributed by atoms with van der Waals surface area (Å²) in [6.07, 6.45) is 3.09. The Balaban J connectivity index is 2.31. The molecule has 0 unspecified atom stereocenters. The molecule has 2 heteroatoms. The van der Waals surface area contributed by atoms with Crippen LogP contribution in [0.1, 0.15) is 40.0 Å². The summed E-state index contributed by atoms with van der Waals surface area (Å²) in [7, 11) is 0. The number of likely N-dealkylation sites (tertiary alicyclic amines) is 1. The van der Waals surface area contributed by atoms with Gasteiger partial charge in [-0.25, -0.2) is 0 Å². The van der Waals surface area contributed by atoms with Crippen LogP contribution < -0.4 is 0 Å². The van der Waals surface area contributed by atoms with Gasteiger partial charge in [0.1, 0.15) is 0 Å². The van der Waals surface area contributed by atoms with Crippen molar-refractivity contribution >= 4 is 5.91 Å². The van der Waals surface area contributed by atoms with Gasteiger partial charge in [0.25, 0.3) is 0 Å². The van der Waals surface area contributed by atoms with Gasteiger partial charge in [-0.15, -0.1) is 0 Å². The first-order chi connectivity index (χ1) is 6.09. The van der Waals surface area contributed by atoms with E-state index in [2.05, 4.69) is 20.8 Å². The molecule has 1 rings (SSSR count). The number of piperidine rings is 1. The molecule has 0 bridgehead atoms. The molecule has 0 aromatic heterocycles. The van der Waals surface area contributed by atoms with Crippen LogP contribution in [-0.4, -0.2) is 23.9 Å². The van der Waals surface area contributed by atoms with Gasteiger partial charge < -0.3 is 4.90 Å². The van der Waals surface area contributed by atoms with Gasteiger partial charge >= 0.3 is 0 Å². The summed E-state index contributed by atoms with van der Waals surface area (Å²) in [5, 5.41) is 0. The fourth-order valence-corrected chi connectivity index (χ4v) is 1.74. The molecule has 2 nitrogen and oxygen atoms in total. The lowest BCUT2D eigenvalue weighted by Crippen LogP contribution is -2.38. The minimum Gasteiger partial charge on any atom is -0.343 e. The van der Waals surface area contributed by atoms with Crippen molar-refractivity contribution in [3.05, 3.63) is 0 Å². The van der Waals surface area contributed by atoms with Crippen molar-refractivity contribution in [3.8, 4) is 0 Å². The second kappa shape index (κ2) is 4.64. The third-order valence-corrected chi connectivity index (χ3v) is 2.72. The van der Waals surface area contributed by atoms with Crippen molar-refractivity contribution in [1.82, 2.24) is 4.90 Å². The minimum absolute atomic E-state index is 0.349. The third kappa shape index (κ3) is 3.37. The summed E-state index contributed by atoms with van der Waals surface area (Å²) >= 11 is 0. The van der Waals surface area contributed by atoms with Gasteiger partial charge in [0, 0.05) is 19.5 Å². The highest BCUT2D eigenvalue weighted by atomic mass is 16.2. The lowest BCUT2D eigenvalue weighted by Gasteiger charge is -2.30. The SMILES string of the molecule is CC(C)CC(=O)N1CCC(C)CC1. The van der Waals surface area contributed by atoms with Gasteiger partial charge in [0.15, 0.2) is 0 Å². The minimum atomic E-state index is 0.349. The second-order valence-electron chi connectivity index (χ2n) is 4.66. The summed E-state index contributed by atoms with van der Waals surface area (Å²) in [5.41, 5.74) is 0. The molecule has 76 valence electrons. The molecular weight excluding hydrogens is 162 g/mol. The summed E-state index contributed by atoms with van der Waals surface area (Å²) < 4.78 is 0. The van der Waals surface area contributed by atoms with Crippen LogP contribution in [0, 0.1) is 11.8 Å². The van der Waals surface area contributed by atoms with E-state index in [1.165, 1.54) is 12.8 Å². The molecular formula is C11H21NO. The summed E-state index contributed by atoms with van der Waals surface area (Å²) in [6, 6.07) is 0. The highest BCUT2D eigenvalue weighted by Gasteiger charge is 2.20. The van der Waals surface area contributed by atoms with Crippen molar-refractivity contribution in [2.24, 2.45) is 11.8 Å². The highest BCUT2D eigenvalue weighted by Crippen LogP contribution is 2.17. The van der Waals surface area contributed by atoms with Crippen molar-refractivity contribution in [3.63, 3.8) is 0 Å². The smallest absolute Gasteiger partial charge is 0.222 e. The fourth-order valence-electron chi connectivity index (χ4n) is 1.74. The maximum atomic E-state index is 11.6. The molecule has 1 fully saturated rings. The monoisotopic (exact) mass is 183 g/mol. The number of nitrogens with zero attached hydrogens (tertiary/aromatic N) is 1. The molecule has 0 aromatic carbocycles. The first kappa shape index (κ1) is 10.6. The van der Waals surface area contributed by atoms with E-state index in [-0.39, 0.29) is 0 Å². The normalized spacial score (nSPS) is 19.5. The fraction of sp³-hybridized carbons (Fsp3) is 0.909. The lowest BCUT2D eigenvalue weighted by atomic mass is 9.98. The Labute approximate surface area is 81.3 Å². The van der Waals surface area contributed by atoms with E-state index in [1.807, 2.05) is 4.90 Å². The number of carbonyl (C=O) groups is 1. The Morgan fingerprint density at radius 2 is 1.92 bits per heavy atom. The van der Waals surface area contributed by atoms with E-state index < -0.39 is 0 Å². The summed E-state index contributed by atoms with van der Waals surface area (Å²) in [6.45, 7) is 8.43. The van der Waals surface area contributed by atoms with Gasteiger partial charge in [-0.2, -0.15) is 0 Å². The standard InChI is InChI=1S/C11H21NO/c1-9(2)8-11(13)12-6-4-10(3)5-7-12/h9-10H,4-8H2,1-3H3. The number of amides is 1. The van der Waals surface area contributed by atoms with Crippen molar-refractivity contribution < 1.29 is 4.79 Å². The second-order valence-corrected chi connectivity index (χ2v) is 4.66. The quantitative estimate of drug-likeness (QED) is 0.643. The number of rotatable bonds is 2. The molecule has 1 heterocycles. The van der Waals surface area contributed by atoms with Crippen LogP contribution in [0.3, 0.4) is 0 Å². The van der Waals surface area contributed by atoms with E-state index in [9.17, 15) is 4.79 Å². The largest absolute Gasteiger partial charge is 0.343 e. The lowest BCUT2D eigenvalue weighted by molar-refractivity contribution is -0.133. The van der Waals surface area contributed by atoms with Crippen molar-refractivity contribution in [1.29, 1.82) is 0 Å². The zero-order valence-corrected chi connectivity index (χ0v) is 9.05. The Morgan fingerprint density at radius 3 is 2.38 bits per heavy atom. The summed E-state index contributed by atoms with van der Waals surface area (Å²) in [4.78, 5) is 13.7. The molecule has 1 aliphatic rings. The van der Waals surface area contributed by atoms with E-state index in [1.54, 1.807) is 0 Å². The van der Waals surface area contributed by atoms with Gasteiger partial charge in [-0.05, 0) is 24.7 Å². The molecule has 0 radical (unpaired) electrons. The van der Waals surface area contributed by atoms with E-state index in [0.717, 1.165) is 19.0 Å². The molecule has 0 aromatic rings. The van der Waals surface area contributed by atoms with Crippen LogP contribution in [0.4, 0.5) is 0 Å². The van der Waals surface area contributed by atoms with Crippen LogP contribution >= 0.6 is 0 Å². The molecule has 0 aliphatic carbocycles. The predicted molar refractivity (Wildman–Crippen MR) is 54.4 cm³/mol. The Kier molecular flexibility index (Phi) is 3.76. The van der Waals surface area contributed by atoms with Crippen LogP contribution in [0.15, 0.2) is 0 Å². The van der Waals surface area contributed by atoms with Gasteiger partial charge in [0.05, 0.1) is 0 Å². The number of hydrogen-bond acceptors (Lipinski definition) is 1. The molecule has 1 aliphatic heterocycles. The van der Waals surface area contributed by atoms with Gasteiger partial charge in [-0.1, -0.05) is 20.8 Å². The van der Waals surface area contributed by atoms with Crippen LogP contribution in [0.25, 0.3) is 0 Å². The first-order valence-corrected chi connectivity index (χ1v) is 5.37. The average molecular weight is 183 g/mol. The Hall–Kier alpha value is -0.530. The molecule has 1 amide bonds. The van der Waals surface area contributed by atoms with Crippen molar-refractivity contribution in [2.75, 3.05) is 13.1 Å². The zero-order chi connectivity index (χ0) is 9.84. The van der Waals surface area contributed by atoms with E-state index >= 15 is 0 Å². The molecule has 13 heavy (non-hydrogen) atoms. The maximum absolute atomic E-state index is 11.6. The van der Waals surface area contributed by atoms with E-state index in [4.69, 9.17) is 0 Å². The number of hydrogen-bond donors (Lipinski definition) is 0. The highest BCUT2D eigenvalue weighted by molar-refractivity contribution is 5.76. The Morgan fingerprint density at radius 1 is 1.38 bits per heavy atom. The zero-order valence-electron chi connectivity index (χ0n) is 9.05. The molecule has 0 saturated carbocycles. The maximum Gasteiger partial charge on any atom is 0.222 e. The first-order valence-electron chi connectivity index (χ1n) is 5.37. The summed E-state index contributed by atoms with van der Waals surface area (Å²) in [5.74, 6) is 1.65. The number of carbonyl (C=O) groups excluding carboxylic acids is 1. The van der Waals surface area contributed by atoms with Gasteiger partial charge in [0.2, 0.25) is 5.91 Å². The van der Waals surface area contributed by atoms with Crippen LogP contribution in [0.2, 0.25) is 0 Å². The molecule has 0 atom stereocenters. The average Bonchev–Trinajstić information content (AvgIpc) is 2.04. The van der Waals surface area contributed by atoms with E-state index in [0.29, 0.717) is 18.2 Å². The molecule has 1 saturated heterocycles. The van der Waals surface area contributed by atoms with Gasteiger partial charge in [-0.3, -0.25) is 4.79 Å². The Bertz CT molecular complexity index is 169. The topological polar surface area (TPSA) is 20.3 Å².